The number of carbonyl (C=O) groups is 1. The number of nitrogens with one attached hydrogen (secondary N) is 2. The van der Waals surface area contributed by atoms with Crippen molar-refractivity contribution in [2.24, 2.45) is 0 Å². The fourth-order valence-corrected chi connectivity index (χ4v) is 1.66. The largest absolute Gasteiger partial charge is 0.384 e. The van der Waals surface area contributed by atoms with Gasteiger partial charge in [-0.15, -0.1) is 0 Å². The van der Waals surface area contributed by atoms with Crippen LogP contribution in [0.3, 0.4) is 0 Å². The number of carbonyl (C=O) groups excluding carboxylic acids is 1. The summed E-state index contributed by atoms with van der Waals surface area (Å²) in [4.78, 5) is 22.9. The van der Waals surface area contributed by atoms with Crippen molar-refractivity contribution in [3.05, 3.63) is 41.6 Å². The maximum absolute atomic E-state index is 11.9. The molecular formula is C12H15N5O. The quantitative estimate of drug-likeness (QED) is 0.737. The molecule has 2 aromatic heterocycles. The molecule has 0 aliphatic carbocycles. The van der Waals surface area contributed by atoms with Crippen LogP contribution in [-0.2, 0) is 6.42 Å². The molecule has 6 nitrogen and oxygen atoms in total. The third kappa shape index (κ3) is 3.07. The summed E-state index contributed by atoms with van der Waals surface area (Å²) in [6.45, 7) is 2.32. The lowest BCUT2D eigenvalue weighted by Crippen LogP contribution is -2.26. The first-order valence-corrected chi connectivity index (χ1v) is 5.66. The van der Waals surface area contributed by atoms with Gasteiger partial charge in [0.1, 0.15) is 11.6 Å². The molecule has 2 aromatic rings. The number of aromatic nitrogens is 3. The van der Waals surface area contributed by atoms with E-state index in [-0.39, 0.29) is 5.91 Å². The van der Waals surface area contributed by atoms with Gasteiger partial charge in [-0.05, 0) is 19.1 Å². The maximum Gasteiger partial charge on any atom is 0.251 e. The lowest BCUT2D eigenvalue weighted by atomic mass is 10.2. The average Bonchev–Trinajstić information content (AvgIpc) is 2.80. The first-order chi connectivity index (χ1) is 8.65. The number of hydrogen-bond acceptors (Lipinski definition) is 4. The number of anilines is 1. The number of H-pyrrole nitrogens is 1. The fraction of sp³-hybridized carbons (Fsp3) is 0.250. The number of aromatic amines is 1. The molecule has 0 fully saturated rings. The molecule has 18 heavy (non-hydrogen) atoms. The van der Waals surface area contributed by atoms with Crippen LogP contribution >= 0.6 is 0 Å². The zero-order chi connectivity index (χ0) is 13.0. The number of nitrogens with zero attached hydrogens (tertiary/aromatic N) is 2. The molecule has 0 aliphatic heterocycles. The molecule has 6 heteroatoms. The molecule has 0 saturated heterocycles. The van der Waals surface area contributed by atoms with E-state index >= 15 is 0 Å². The van der Waals surface area contributed by atoms with Crippen molar-refractivity contribution in [2.75, 3.05) is 12.3 Å². The summed E-state index contributed by atoms with van der Waals surface area (Å²) < 4.78 is 0. The van der Waals surface area contributed by atoms with Gasteiger partial charge in [0.2, 0.25) is 0 Å². The van der Waals surface area contributed by atoms with Gasteiger partial charge in [-0.25, -0.2) is 9.97 Å². The van der Waals surface area contributed by atoms with E-state index < -0.39 is 0 Å². The van der Waals surface area contributed by atoms with Crippen LogP contribution in [0.2, 0.25) is 0 Å². The molecule has 94 valence electrons. The minimum atomic E-state index is -0.154. The molecular weight excluding hydrogens is 230 g/mol. The Bertz CT molecular complexity index is 515. The summed E-state index contributed by atoms with van der Waals surface area (Å²) in [5.41, 5.74) is 6.85. The Morgan fingerprint density at radius 3 is 3.00 bits per heavy atom. The molecule has 0 saturated carbocycles. The van der Waals surface area contributed by atoms with Crippen LogP contribution in [0.5, 0.6) is 0 Å². The molecule has 4 N–H and O–H groups in total. The summed E-state index contributed by atoms with van der Waals surface area (Å²) in [5, 5.41) is 2.81. The summed E-state index contributed by atoms with van der Waals surface area (Å²) in [6.07, 6.45) is 4.10. The Morgan fingerprint density at radius 2 is 2.33 bits per heavy atom. The van der Waals surface area contributed by atoms with E-state index in [9.17, 15) is 4.79 Å². The Kier molecular flexibility index (Phi) is 3.57. The maximum atomic E-state index is 11.9. The molecule has 0 bridgehead atoms. The molecule has 0 atom stereocenters. The Balaban J connectivity index is 1.91. The van der Waals surface area contributed by atoms with Gasteiger partial charge >= 0.3 is 0 Å². The minimum absolute atomic E-state index is 0.154. The molecule has 2 heterocycles. The SMILES string of the molecule is Cc1cc(C(=O)NCCc2ncc[nH]2)cc(N)n1. The monoisotopic (exact) mass is 245 g/mol. The zero-order valence-corrected chi connectivity index (χ0v) is 10.1. The van der Waals surface area contributed by atoms with Crippen molar-refractivity contribution in [3.8, 4) is 0 Å². The minimum Gasteiger partial charge on any atom is -0.384 e. The highest BCUT2D eigenvalue weighted by molar-refractivity contribution is 5.94. The van der Waals surface area contributed by atoms with Crippen molar-refractivity contribution in [3.63, 3.8) is 0 Å². The van der Waals surface area contributed by atoms with Crippen LogP contribution in [0.1, 0.15) is 21.9 Å². The van der Waals surface area contributed by atoms with Gasteiger partial charge in [0.05, 0.1) is 0 Å². The first kappa shape index (κ1) is 12.1. The molecule has 0 aromatic carbocycles. The molecule has 0 aliphatic rings. The highest BCUT2D eigenvalue weighted by Gasteiger charge is 2.07. The summed E-state index contributed by atoms with van der Waals surface area (Å²) in [5.74, 6) is 1.05. The Hall–Kier alpha value is -2.37. The van der Waals surface area contributed by atoms with E-state index in [0.29, 0.717) is 24.3 Å². The number of rotatable bonds is 4. The van der Waals surface area contributed by atoms with Gasteiger partial charge in [0.15, 0.2) is 0 Å². The Labute approximate surface area is 105 Å². The molecule has 2 rings (SSSR count). The smallest absolute Gasteiger partial charge is 0.251 e. The van der Waals surface area contributed by atoms with Gasteiger partial charge in [-0.3, -0.25) is 4.79 Å². The predicted octanol–water partition coefficient (Wildman–Crippen LogP) is 0.668. The highest BCUT2D eigenvalue weighted by Crippen LogP contribution is 2.06. The van der Waals surface area contributed by atoms with Gasteiger partial charge in [0.25, 0.3) is 5.91 Å². The molecule has 0 spiro atoms. The van der Waals surface area contributed by atoms with Crippen LogP contribution in [0, 0.1) is 6.92 Å². The van der Waals surface area contributed by atoms with Gasteiger partial charge < -0.3 is 16.0 Å². The molecule has 0 unspecified atom stereocenters. The van der Waals surface area contributed by atoms with E-state index in [1.165, 1.54) is 0 Å². The van der Waals surface area contributed by atoms with Crippen LogP contribution in [0.4, 0.5) is 5.82 Å². The highest BCUT2D eigenvalue weighted by atomic mass is 16.1. The van der Waals surface area contributed by atoms with E-state index in [2.05, 4.69) is 20.3 Å². The summed E-state index contributed by atoms with van der Waals surface area (Å²) >= 11 is 0. The molecule has 0 radical (unpaired) electrons. The second-order valence-corrected chi connectivity index (χ2v) is 3.96. The lowest BCUT2D eigenvalue weighted by Gasteiger charge is -2.05. The number of hydrogen-bond donors (Lipinski definition) is 3. The normalized spacial score (nSPS) is 10.3. The first-order valence-electron chi connectivity index (χ1n) is 5.66. The third-order valence-corrected chi connectivity index (χ3v) is 2.44. The average molecular weight is 245 g/mol. The van der Waals surface area contributed by atoms with E-state index in [1.807, 2.05) is 0 Å². The van der Waals surface area contributed by atoms with Gasteiger partial charge in [0, 0.05) is 36.6 Å². The van der Waals surface area contributed by atoms with Crippen molar-refractivity contribution in [1.29, 1.82) is 0 Å². The fourth-order valence-electron chi connectivity index (χ4n) is 1.66. The van der Waals surface area contributed by atoms with Crippen molar-refractivity contribution >= 4 is 11.7 Å². The second-order valence-electron chi connectivity index (χ2n) is 3.96. The number of nitrogens with two attached hydrogens (primary N) is 1. The second kappa shape index (κ2) is 5.31. The summed E-state index contributed by atoms with van der Waals surface area (Å²) in [7, 11) is 0. The lowest BCUT2D eigenvalue weighted by molar-refractivity contribution is 0.0954. The topological polar surface area (TPSA) is 96.7 Å². The zero-order valence-electron chi connectivity index (χ0n) is 10.1. The predicted molar refractivity (Wildman–Crippen MR) is 68.0 cm³/mol. The van der Waals surface area contributed by atoms with E-state index in [1.54, 1.807) is 31.5 Å². The van der Waals surface area contributed by atoms with Crippen molar-refractivity contribution in [1.82, 2.24) is 20.3 Å². The number of nitrogen functional groups attached to an aromatic ring is 1. The van der Waals surface area contributed by atoms with Gasteiger partial charge in [-0.2, -0.15) is 0 Å². The van der Waals surface area contributed by atoms with Crippen LogP contribution < -0.4 is 11.1 Å². The van der Waals surface area contributed by atoms with Crippen LogP contribution in [-0.4, -0.2) is 27.4 Å². The van der Waals surface area contributed by atoms with Crippen LogP contribution in [0.15, 0.2) is 24.5 Å². The Morgan fingerprint density at radius 1 is 1.50 bits per heavy atom. The third-order valence-electron chi connectivity index (χ3n) is 2.44. The number of amides is 1. The number of pyridine rings is 1. The van der Waals surface area contributed by atoms with Crippen molar-refractivity contribution < 1.29 is 4.79 Å². The standard InChI is InChI=1S/C12H15N5O/c1-8-6-9(7-10(13)17-8)12(18)16-3-2-11-14-4-5-15-11/h4-7H,2-3H2,1H3,(H2,13,17)(H,14,15)(H,16,18). The van der Waals surface area contributed by atoms with E-state index in [0.717, 1.165) is 11.5 Å². The number of aryl methyl sites for hydroxylation is 1. The van der Waals surface area contributed by atoms with E-state index in [4.69, 9.17) is 5.73 Å². The van der Waals surface area contributed by atoms with Crippen molar-refractivity contribution in [2.45, 2.75) is 13.3 Å². The number of imidazole rings is 1. The summed E-state index contributed by atoms with van der Waals surface area (Å²) in [6, 6.07) is 3.27. The molecule has 1 amide bonds. The van der Waals surface area contributed by atoms with Crippen LogP contribution in [0.25, 0.3) is 0 Å². The van der Waals surface area contributed by atoms with Gasteiger partial charge in [-0.1, -0.05) is 0 Å².